The molecule has 2 saturated carbocycles. The van der Waals surface area contributed by atoms with E-state index in [1.54, 1.807) is 0 Å². The zero-order valence-electron chi connectivity index (χ0n) is 11.0. The third-order valence-corrected chi connectivity index (χ3v) is 4.92. The maximum atomic E-state index is 12.4. The minimum absolute atomic E-state index is 0.133. The van der Waals surface area contributed by atoms with Crippen molar-refractivity contribution in [2.24, 2.45) is 17.6 Å². The topological polar surface area (TPSA) is 55.1 Å². The zero-order valence-corrected chi connectivity index (χ0v) is 11.0. The molecular formula is C14H26N2O. The molecule has 0 aromatic rings. The fourth-order valence-electron chi connectivity index (χ4n) is 3.36. The number of nitrogens with one attached hydrogen (secondary N) is 1. The number of nitrogens with two attached hydrogens (primary N) is 1. The van der Waals surface area contributed by atoms with Crippen molar-refractivity contribution in [3.63, 3.8) is 0 Å². The van der Waals surface area contributed by atoms with Gasteiger partial charge in [-0.1, -0.05) is 19.8 Å². The van der Waals surface area contributed by atoms with Gasteiger partial charge >= 0.3 is 0 Å². The van der Waals surface area contributed by atoms with Crippen molar-refractivity contribution in [3.8, 4) is 0 Å². The standard InChI is InChI=1S/C14H26N2O/c1-2-14(8-5-9-14)16-13(17)12-7-4-3-6-11(12)10-15/h11-12H,2-10,15H2,1H3,(H,16,17). The highest BCUT2D eigenvalue weighted by atomic mass is 16.2. The van der Waals surface area contributed by atoms with E-state index in [2.05, 4.69) is 12.2 Å². The van der Waals surface area contributed by atoms with Crippen molar-refractivity contribution >= 4 is 5.91 Å². The quantitative estimate of drug-likeness (QED) is 0.789. The summed E-state index contributed by atoms with van der Waals surface area (Å²) < 4.78 is 0. The minimum atomic E-state index is 0.133. The van der Waals surface area contributed by atoms with Gasteiger partial charge in [0, 0.05) is 11.5 Å². The minimum Gasteiger partial charge on any atom is -0.350 e. The molecule has 3 nitrogen and oxygen atoms in total. The lowest BCUT2D eigenvalue weighted by Gasteiger charge is -2.43. The average molecular weight is 238 g/mol. The molecule has 0 bridgehead atoms. The summed E-state index contributed by atoms with van der Waals surface area (Å²) in [4.78, 5) is 12.4. The van der Waals surface area contributed by atoms with Crippen LogP contribution in [0.4, 0.5) is 0 Å². The number of hydrogen-bond donors (Lipinski definition) is 2. The van der Waals surface area contributed by atoms with Gasteiger partial charge in [-0.05, 0) is 51.0 Å². The molecule has 2 unspecified atom stereocenters. The van der Waals surface area contributed by atoms with Crippen LogP contribution in [0.1, 0.15) is 58.3 Å². The molecule has 98 valence electrons. The van der Waals surface area contributed by atoms with Crippen LogP contribution >= 0.6 is 0 Å². The van der Waals surface area contributed by atoms with Crippen molar-refractivity contribution in [1.82, 2.24) is 5.32 Å². The van der Waals surface area contributed by atoms with E-state index in [9.17, 15) is 4.79 Å². The van der Waals surface area contributed by atoms with Crippen LogP contribution in [0.25, 0.3) is 0 Å². The Morgan fingerprint density at radius 2 is 2.00 bits per heavy atom. The van der Waals surface area contributed by atoms with E-state index in [1.165, 1.54) is 19.3 Å². The lowest BCUT2D eigenvalue weighted by atomic mass is 9.73. The molecule has 0 radical (unpaired) electrons. The Balaban J connectivity index is 1.93. The Kier molecular flexibility index (Phi) is 4.08. The molecule has 17 heavy (non-hydrogen) atoms. The molecule has 3 heteroatoms. The van der Waals surface area contributed by atoms with E-state index >= 15 is 0 Å². The van der Waals surface area contributed by atoms with Crippen molar-refractivity contribution in [3.05, 3.63) is 0 Å². The number of carbonyl (C=O) groups is 1. The van der Waals surface area contributed by atoms with Gasteiger partial charge in [-0.3, -0.25) is 4.79 Å². The fourth-order valence-corrected chi connectivity index (χ4v) is 3.36. The third-order valence-electron chi connectivity index (χ3n) is 4.92. The summed E-state index contributed by atoms with van der Waals surface area (Å²) >= 11 is 0. The van der Waals surface area contributed by atoms with E-state index in [-0.39, 0.29) is 17.4 Å². The van der Waals surface area contributed by atoms with E-state index in [0.717, 1.165) is 32.1 Å². The highest BCUT2D eigenvalue weighted by molar-refractivity contribution is 5.80. The van der Waals surface area contributed by atoms with E-state index in [0.29, 0.717) is 12.5 Å². The lowest BCUT2D eigenvalue weighted by molar-refractivity contribution is -0.131. The second-order valence-electron chi connectivity index (χ2n) is 5.86. The van der Waals surface area contributed by atoms with Crippen molar-refractivity contribution in [2.75, 3.05) is 6.54 Å². The van der Waals surface area contributed by atoms with Crippen molar-refractivity contribution in [1.29, 1.82) is 0 Å². The smallest absolute Gasteiger partial charge is 0.223 e. The van der Waals surface area contributed by atoms with E-state index < -0.39 is 0 Å². The van der Waals surface area contributed by atoms with Crippen LogP contribution in [-0.4, -0.2) is 18.0 Å². The summed E-state index contributed by atoms with van der Waals surface area (Å²) in [6.45, 7) is 2.85. The van der Waals surface area contributed by atoms with Crippen molar-refractivity contribution < 1.29 is 4.79 Å². The first-order chi connectivity index (χ1) is 8.21. The average Bonchev–Trinajstić information content (AvgIpc) is 2.33. The molecule has 2 fully saturated rings. The Bertz CT molecular complexity index is 268. The fraction of sp³-hybridized carbons (Fsp3) is 0.929. The predicted molar refractivity (Wildman–Crippen MR) is 69.5 cm³/mol. The highest BCUT2D eigenvalue weighted by Crippen LogP contribution is 2.36. The van der Waals surface area contributed by atoms with Crippen LogP contribution in [-0.2, 0) is 4.79 Å². The van der Waals surface area contributed by atoms with Gasteiger partial charge in [-0.15, -0.1) is 0 Å². The lowest BCUT2D eigenvalue weighted by Crippen LogP contribution is -2.55. The SMILES string of the molecule is CCC1(NC(=O)C2CCCCC2CN)CCC1. The van der Waals surface area contributed by atoms with Gasteiger partial charge in [0.1, 0.15) is 0 Å². The predicted octanol–water partition coefficient (Wildman–Crippen LogP) is 2.20. The highest BCUT2D eigenvalue weighted by Gasteiger charge is 2.39. The van der Waals surface area contributed by atoms with E-state index in [1.807, 2.05) is 0 Å². The molecule has 0 saturated heterocycles. The molecule has 3 N–H and O–H groups in total. The van der Waals surface area contributed by atoms with Gasteiger partial charge in [0.05, 0.1) is 0 Å². The molecule has 0 aliphatic heterocycles. The number of carbonyl (C=O) groups excluding carboxylic acids is 1. The number of amides is 1. The Hall–Kier alpha value is -0.570. The second-order valence-corrected chi connectivity index (χ2v) is 5.86. The number of rotatable bonds is 4. The molecule has 2 atom stereocenters. The zero-order chi connectivity index (χ0) is 12.3. The summed E-state index contributed by atoms with van der Waals surface area (Å²) in [5.41, 5.74) is 5.93. The molecule has 0 aromatic heterocycles. The maximum Gasteiger partial charge on any atom is 0.223 e. The first-order valence-electron chi connectivity index (χ1n) is 7.23. The normalized spacial score (nSPS) is 31.6. The van der Waals surface area contributed by atoms with Crippen molar-refractivity contribution in [2.45, 2.75) is 63.8 Å². The van der Waals surface area contributed by atoms with Gasteiger partial charge in [0.15, 0.2) is 0 Å². The van der Waals surface area contributed by atoms with Crippen LogP contribution in [0.2, 0.25) is 0 Å². The van der Waals surface area contributed by atoms with Crippen LogP contribution in [0, 0.1) is 11.8 Å². The first kappa shape index (κ1) is 12.9. The molecular weight excluding hydrogens is 212 g/mol. The van der Waals surface area contributed by atoms with Gasteiger partial charge in [0.25, 0.3) is 0 Å². The van der Waals surface area contributed by atoms with Gasteiger partial charge < -0.3 is 11.1 Å². The van der Waals surface area contributed by atoms with Gasteiger partial charge in [0.2, 0.25) is 5.91 Å². The van der Waals surface area contributed by atoms with E-state index in [4.69, 9.17) is 5.73 Å². The molecule has 2 rings (SSSR count). The van der Waals surface area contributed by atoms with Crippen LogP contribution < -0.4 is 11.1 Å². The summed E-state index contributed by atoms with van der Waals surface area (Å²) in [5, 5.41) is 3.32. The molecule has 1 amide bonds. The number of hydrogen-bond acceptors (Lipinski definition) is 2. The van der Waals surface area contributed by atoms with Gasteiger partial charge in [-0.25, -0.2) is 0 Å². The molecule has 0 spiro atoms. The molecule has 0 aromatic carbocycles. The summed E-state index contributed by atoms with van der Waals surface area (Å²) in [5.74, 6) is 0.872. The summed E-state index contributed by atoms with van der Waals surface area (Å²) in [6, 6.07) is 0. The summed E-state index contributed by atoms with van der Waals surface area (Å²) in [7, 11) is 0. The van der Waals surface area contributed by atoms with Crippen LogP contribution in [0.5, 0.6) is 0 Å². The second kappa shape index (κ2) is 5.38. The first-order valence-corrected chi connectivity index (χ1v) is 7.23. The van der Waals surface area contributed by atoms with Crippen LogP contribution in [0.3, 0.4) is 0 Å². The monoisotopic (exact) mass is 238 g/mol. The summed E-state index contributed by atoms with van der Waals surface area (Å²) in [6.07, 6.45) is 9.25. The third kappa shape index (κ3) is 2.65. The van der Waals surface area contributed by atoms with Crippen LogP contribution in [0.15, 0.2) is 0 Å². The Morgan fingerprint density at radius 1 is 1.29 bits per heavy atom. The molecule has 0 heterocycles. The van der Waals surface area contributed by atoms with Gasteiger partial charge in [-0.2, -0.15) is 0 Å². The molecule has 2 aliphatic rings. The Labute approximate surface area is 105 Å². The maximum absolute atomic E-state index is 12.4. The Morgan fingerprint density at radius 3 is 2.53 bits per heavy atom. The molecule has 2 aliphatic carbocycles. The largest absolute Gasteiger partial charge is 0.350 e.